The fraction of sp³-hybridized carbons (Fsp3) is 0.440. The van der Waals surface area contributed by atoms with Crippen LogP contribution < -0.4 is 20.7 Å². The summed E-state index contributed by atoms with van der Waals surface area (Å²) in [6.45, 7) is 9.08. The van der Waals surface area contributed by atoms with E-state index in [1.54, 1.807) is 7.11 Å². The van der Waals surface area contributed by atoms with Crippen molar-refractivity contribution in [3.05, 3.63) is 59.7 Å². The Labute approximate surface area is 214 Å². The molecule has 1 amide bonds. The van der Waals surface area contributed by atoms with Crippen LogP contribution in [0.2, 0.25) is 0 Å². The molecule has 8 heteroatoms. The SMILES string of the molecule is CCNC(=NCc1ccc(OC)c(NC(C)=O)c1)NC1CC(C)N(Cc2ccccc2)C1.I. The Morgan fingerprint density at radius 2 is 1.94 bits per heavy atom. The minimum absolute atomic E-state index is 0. The third kappa shape index (κ3) is 8.19. The van der Waals surface area contributed by atoms with Crippen LogP contribution in [-0.4, -0.2) is 49.0 Å². The molecule has 1 aliphatic heterocycles. The maximum absolute atomic E-state index is 11.5. The lowest BCUT2D eigenvalue weighted by atomic mass is 10.2. The van der Waals surface area contributed by atoms with E-state index in [0.29, 0.717) is 30.1 Å². The number of hydrogen-bond donors (Lipinski definition) is 3. The zero-order chi connectivity index (χ0) is 22.9. The minimum atomic E-state index is -0.130. The second-order valence-electron chi connectivity index (χ2n) is 8.25. The molecule has 0 radical (unpaired) electrons. The normalized spacial score (nSPS) is 18.4. The van der Waals surface area contributed by atoms with Gasteiger partial charge < -0.3 is 20.7 Å². The molecule has 2 unspecified atom stereocenters. The van der Waals surface area contributed by atoms with Gasteiger partial charge in [0.15, 0.2) is 5.96 Å². The second-order valence-corrected chi connectivity index (χ2v) is 8.25. The first kappa shape index (κ1) is 26.9. The van der Waals surface area contributed by atoms with Crippen LogP contribution in [0.25, 0.3) is 0 Å². The summed E-state index contributed by atoms with van der Waals surface area (Å²) in [4.78, 5) is 18.8. The van der Waals surface area contributed by atoms with Gasteiger partial charge in [-0.3, -0.25) is 9.69 Å². The topological polar surface area (TPSA) is 78.0 Å². The Morgan fingerprint density at radius 1 is 1.18 bits per heavy atom. The number of aliphatic imine (C=N–C) groups is 1. The van der Waals surface area contributed by atoms with Crippen LogP contribution in [0, 0.1) is 0 Å². The Balaban J connectivity index is 0.00000385. The Kier molecular flexibility index (Phi) is 10.9. The van der Waals surface area contributed by atoms with Crippen molar-refractivity contribution in [2.24, 2.45) is 4.99 Å². The van der Waals surface area contributed by atoms with E-state index in [9.17, 15) is 4.79 Å². The number of nitrogens with one attached hydrogen (secondary N) is 3. The average molecular weight is 566 g/mol. The van der Waals surface area contributed by atoms with Crippen molar-refractivity contribution >= 4 is 41.5 Å². The molecule has 180 valence electrons. The first-order valence-electron chi connectivity index (χ1n) is 11.3. The third-order valence-corrected chi connectivity index (χ3v) is 5.61. The van der Waals surface area contributed by atoms with Gasteiger partial charge in [0.05, 0.1) is 19.3 Å². The average Bonchev–Trinajstić information content (AvgIpc) is 3.11. The molecular formula is C25H36IN5O2. The highest BCUT2D eigenvalue weighted by Crippen LogP contribution is 2.26. The largest absolute Gasteiger partial charge is 0.495 e. The zero-order valence-electron chi connectivity index (χ0n) is 19.9. The van der Waals surface area contributed by atoms with E-state index < -0.39 is 0 Å². The van der Waals surface area contributed by atoms with Crippen LogP contribution in [0.15, 0.2) is 53.5 Å². The molecule has 0 spiro atoms. The standard InChI is InChI=1S/C25H35N5O2.HI/c1-5-26-25(27-15-21-11-12-24(32-4)23(14-21)28-19(3)31)29-22-13-18(2)30(17-22)16-20-9-7-6-8-10-20;/h6-12,14,18,22H,5,13,15-17H2,1-4H3,(H,28,31)(H2,26,27,29);1H. The molecule has 1 heterocycles. The Morgan fingerprint density at radius 3 is 2.61 bits per heavy atom. The van der Waals surface area contributed by atoms with Crippen LogP contribution in [0.1, 0.15) is 38.3 Å². The van der Waals surface area contributed by atoms with Gasteiger partial charge in [0.2, 0.25) is 5.91 Å². The molecule has 33 heavy (non-hydrogen) atoms. The summed E-state index contributed by atoms with van der Waals surface area (Å²) < 4.78 is 5.34. The molecule has 0 aromatic heterocycles. The molecule has 1 fully saturated rings. The lowest BCUT2D eigenvalue weighted by molar-refractivity contribution is -0.114. The van der Waals surface area contributed by atoms with E-state index in [1.807, 2.05) is 18.2 Å². The number of carbonyl (C=O) groups is 1. The monoisotopic (exact) mass is 565 g/mol. The van der Waals surface area contributed by atoms with Crippen LogP contribution in [0.4, 0.5) is 5.69 Å². The van der Waals surface area contributed by atoms with Gasteiger partial charge in [-0.15, -0.1) is 24.0 Å². The van der Waals surface area contributed by atoms with Crippen LogP contribution in [0.5, 0.6) is 5.75 Å². The number of halogens is 1. The fourth-order valence-corrected chi connectivity index (χ4v) is 4.07. The minimum Gasteiger partial charge on any atom is -0.495 e. The summed E-state index contributed by atoms with van der Waals surface area (Å²) in [7, 11) is 1.59. The molecule has 0 aliphatic carbocycles. The first-order chi connectivity index (χ1) is 15.5. The fourth-order valence-electron chi connectivity index (χ4n) is 4.07. The van der Waals surface area contributed by atoms with Gasteiger partial charge in [0, 0.05) is 38.6 Å². The lowest BCUT2D eigenvalue weighted by Gasteiger charge is -2.21. The van der Waals surface area contributed by atoms with Gasteiger partial charge in [-0.05, 0) is 43.5 Å². The van der Waals surface area contributed by atoms with Gasteiger partial charge in [-0.1, -0.05) is 36.4 Å². The molecule has 3 rings (SSSR count). The smallest absolute Gasteiger partial charge is 0.221 e. The first-order valence-corrected chi connectivity index (χ1v) is 11.3. The van der Waals surface area contributed by atoms with E-state index >= 15 is 0 Å². The van der Waals surface area contributed by atoms with Crippen molar-refractivity contribution in [1.29, 1.82) is 0 Å². The van der Waals surface area contributed by atoms with Crippen LogP contribution >= 0.6 is 24.0 Å². The molecular weight excluding hydrogens is 529 g/mol. The summed E-state index contributed by atoms with van der Waals surface area (Å²) in [6.07, 6.45) is 1.08. The Bertz CT molecular complexity index is 922. The molecule has 1 aliphatic rings. The highest BCUT2D eigenvalue weighted by Gasteiger charge is 2.29. The number of benzene rings is 2. The van der Waals surface area contributed by atoms with E-state index in [1.165, 1.54) is 12.5 Å². The van der Waals surface area contributed by atoms with Crippen LogP contribution in [0.3, 0.4) is 0 Å². The molecule has 1 saturated heterocycles. The molecule has 7 nitrogen and oxygen atoms in total. The summed E-state index contributed by atoms with van der Waals surface area (Å²) in [5, 5.41) is 9.78. The number of hydrogen-bond acceptors (Lipinski definition) is 4. The third-order valence-electron chi connectivity index (χ3n) is 5.61. The molecule has 2 atom stereocenters. The molecule has 3 N–H and O–H groups in total. The van der Waals surface area contributed by atoms with Gasteiger partial charge in [0.25, 0.3) is 0 Å². The highest BCUT2D eigenvalue weighted by atomic mass is 127. The molecule has 0 saturated carbocycles. The number of carbonyl (C=O) groups excluding carboxylic acids is 1. The highest BCUT2D eigenvalue weighted by molar-refractivity contribution is 14.0. The number of amides is 1. The molecule has 2 aromatic rings. The van der Waals surface area contributed by atoms with Crippen molar-refractivity contribution in [1.82, 2.24) is 15.5 Å². The summed E-state index contributed by atoms with van der Waals surface area (Å²) in [5.74, 6) is 1.31. The number of methoxy groups -OCH3 is 1. The lowest BCUT2D eigenvalue weighted by Crippen LogP contribution is -2.44. The number of guanidine groups is 1. The number of ether oxygens (including phenoxy) is 1. The molecule has 0 bridgehead atoms. The zero-order valence-corrected chi connectivity index (χ0v) is 22.3. The van der Waals surface area contributed by atoms with E-state index in [4.69, 9.17) is 9.73 Å². The van der Waals surface area contributed by atoms with Crippen molar-refractivity contribution < 1.29 is 9.53 Å². The van der Waals surface area contributed by atoms with E-state index in [-0.39, 0.29) is 29.9 Å². The second kappa shape index (κ2) is 13.4. The number of nitrogens with zero attached hydrogens (tertiary/aromatic N) is 2. The summed E-state index contributed by atoms with van der Waals surface area (Å²) in [5.41, 5.74) is 3.00. The predicted molar refractivity (Wildman–Crippen MR) is 145 cm³/mol. The number of anilines is 1. The maximum Gasteiger partial charge on any atom is 0.221 e. The van der Waals surface area contributed by atoms with Crippen LogP contribution in [-0.2, 0) is 17.9 Å². The maximum atomic E-state index is 11.5. The van der Waals surface area contributed by atoms with E-state index in [0.717, 1.165) is 37.6 Å². The Hall–Kier alpha value is -2.33. The van der Waals surface area contributed by atoms with Crippen molar-refractivity contribution in [2.45, 2.75) is 52.4 Å². The number of likely N-dealkylation sites (tertiary alicyclic amines) is 1. The molecule has 2 aromatic carbocycles. The van der Waals surface area contributed by atoms with Gasteiger partial charge in [0.1, 0.15) is 5.75 Å². The van der Waals surface area contributed by atoms with Crippen molar-refractivity contribution in [3.8, 4) is 5.75 Å². The summed E-state index contributed by atoms with van der Waals surface area (Å²) in [6, 6.07) is 17.2. The predicted octanol–water partition coefficient (Wildman–Crippen LogP) is 3.99. The quantitative estimate of drug-likeness (QED) is 0.257. The van der Waals surface area contributed by atoms with Gasteiger partial charge in [-0.2, -0.15) is 0 Å². The summed E-state index contributed by atoms with van der Waals surface area (Å²) >= 11 is 0. The van der Waals surface area contributed by atoms with Gasteiger partial charge in [-0.25, -0.2) is 4.99 Å². The van der Waals surface area contributed by atoms with Crippen molar-refractivity contribution in [3.63, 3.8) is 0 Å². The van der Waals surface area contributed by atoms with Crippen molar-refractivity contribution in [2.75, 3.05) is 25.5 Å². The number of rotatable bonds is 8. The van der Waals surface area contributed by atoms with E-state index in [2.05, 4.69) is 65.0 Å². The van der Waals surface area contributed by atoms with Gasteiger partial charge >= 0.3 is 0 Å².